The van der Waals surface area contributed by atoms with Gasteiger partial charge in [-0.2, -0.15) is 4.99 Å². The monoisotopic (exact) mass is 261 g/mol. The average Bonchev–Trinajstić information content (AvgIpc) is 2.35. The van der Waals surface area contributed by atoms with Crippen LogP contribution in [0.5, 0.6) is 0 Å². The molecular weight excluding hydrogens is 252 g/mol. The molecule has 1 nitrogen and oxygen atoms in total. The Labute approximate surface area is 109 Å². The van der Waals surface area contributed by atoms with E-state index in [4.69, 9.17) is 0 Å². The van der Waals surface area contributed by atoms with Crippen molar-refractivity contribution in [3.8, 4) is 11.1 Å². The zero-order valence-corrected chi connectivity index (χ0v) is 10.4. The quantitative estimate of drug-likeness (QED) is 0.565. The molecule has 0 N–H and O–H groups in total. The summed E-state index contributed by atoms with van der Waals surface area (Å²) in [6, 6.07) is 9.31. The predicted molar refractivity (Wildman–Crippen MR) is 71.2 cm³/mol. The Morgan fingerprint density at radius 1 is 1.06 bits per heavy atom. The maximum Gasteiger partial charge on any atom is 0.150 e. The van der Waals surface area contributed by atoms with Gasteiger partial charge in [-0.25, -0.2) is 8.78 Å². The lowest BCUT2D eigenvalue weighted by atomic mass is 10.0. The molecule has 0 saturated carbocycles. The van der Waals surface area contributed by atoms with E-state index >= 15 is 0 Å². The van der Waals surface area contributed by atoms with Crippen molar-refractivity contribution >= 4 is 23.1 Å². The highest BCUT2D eigenvalue weighted by atomic mass is 32.1. The molecular formula is C14H9F2NS. The van der Waals surface area contributed by atoms with Gasteiger partial charge in [-0.1, -0.05) is 29.8 Å². The van der Waals surface area contributed by atoms with E-state index < -0.39 is 11.6 Å². The van der Waals surface area contributed by atoms with Crippen LogP contribution < -0.4 is 0 Å². The lowest BCUT2D eigenvalue weighted by molar-refractivity contribution is 0.605. The summed E-state index contributed by atoms with van der Waals surface area (Å²) < 4.78 is 27.5. The van der Waals surface area contributed by atoms with Gasteiger partial charge in [0.2, 0.25) is 0 Å². The Balaban J connectivity index is 2.55. The Morgan fingerprint density at radius 2 is 1.72 bits per heavy atom. The molecule has 2 aromatic rings. The van der Waals surface area contributed by atoms with E-state index in [-0.39, 0.29) is 11.3 Å². The minimum atomic E-state index is -0.621. The third kappa shape index (κ3) is 2.50. The molecule has 4 heteroatoms. The van der Waals surface area contributed by atoms with E-state index in [2.05, 4.69) is 17.2 Å². The van der Waals surface area contributed by atoms with E-state index in [1.807, 2.05) is 24.2 Å². The molecule has 0 bridgehead atoms. The number of rotatable bonds is 2. The second kappa shape index (κ2) is 5.17. The van der Waals surface area contributed by atoms with Crippen LogP contribution in [0, 0.1) is 18.6 Å². The van der Waals surface area contributed by atoms with Crippen LogP contribution in [0.3, 0.4) is 0 Å². The second-order valence-electron chi connectivity index (χ2n) is 3.85. The molecule has 0 aliphatic carbocycles. The normalized spacial score (nSPS) is 9.94. The number of benzene rings is 2. The van der Waals surface area contributed by atoms with Crippen molar-refractivity contribution in [3.05, 3.63) is 53.6 Å². The van der Waals surface area contributed by atoms with Gasteiger partial charge in [0, 0.05) is 11.6 Å². The Kier molecular flexibility index (Phi) is 3.60. The fourth-order valence-corrected chi connectivity index (χ4v) is 1.72. The first-order chi connectivity index (χ1) is 8.61. The van der Waals surface area contributed by atoms with E-state index in [9.17, 15) is 8.78 Å². The summed E-state index contributed by atoms with van der Waals surface area (Å²) in [5.41, 5.74) is 1.74. The number of hydrogen-bond donors (Lipinski definition) is 0. The fraction of sp³-hybridized carbons (Fsp3) is 0.0714. The zero-order chi connectivity index (χ0) is 13.1. The molecule has 0 fully saturated rings. The van der Waals surface area contributed by atoms with Gasteiger partial charge >= 0.3 is 0 Å². The van der Waals surface area contributed by atoms with Gasteiger partial charge in [0.25, 0.3) is 0 Å². The van der Waals surface area contributed by atoms with Crippen molar-refractivity contribution in [2.75, 3.05) is 0 Å². The van der Waals surface area contributed by atoms with E-state index in [1.54, 1.807) is 12.1 Å². The number of halogens is 2. The highest BCUT2D eigenvalue weighted by molar-refractivity contribution is 7.78. The number of isothiocyanates is 1. The molecule has 0 aromatic heterocycles. The number of nitrogens with zero attached hydrogens (tertiary/aromatic N) is 1. The smallest absolute Gasteiger partial charge is 0.150 e. The lowest BCUT2D eigenvalue weighted by Crippen LogP contribution is -1.88. The maximum atomic E-state index is 13.9. The van der Waals surface area contributed by atoms with Crippen LogP contribution in [0.25, 0.3) is 11.1 Å². The van der Waals surface area contributed by atoms with Crippen molar-refractivity contribution in [2.45, 2.75) is 6.92 Å². The van der Waals surface area contributed by atoms with Gasteiger partial charge in [0.1, 0.15) is 17.3 Å². The minimum Gasteiger partial charge on any atom is -0.206 e. The van der Waals surface area contributed by atoms with Crippen LogP contribution in [0.2, 0.25) is 0 Å². The fourth-order valence-electron chi connectivity index (χ4n) is 1.63. The number of aliphatic imine (C=N–C) groups is 1. The summed E-state index contributed by atoms with van der Waals surface area (Å²) in [7, 11) is 0. The molecule has 2 rings (SSSR count). The Bertz CT molecular complexity index is 629. The summed E-state index contributed by atoms with van der Waals surface area (Å²) in [5.74, 6) is -1.16. The van der Waals surface area contributed by atoms with Crippen molar-refractivity contribution in [1.82, 2.24) is 0 Å². The number of aryl methyl sites for hydroxylation is 1. The third-order valence-electron chi connectivity index (χ3n) is 2.57. The molecule has 0 unspecified atom stereocenters. The molecule has 0 radical (unpaired) electrons. The van der Waals surface area contributed by atoms with Crippen LogP contribution >= 0.6 is 12.2 Å². The molecule has 0 spiro atoms. The molecule has 0 atom stereocenters. The Morgan fingerprint density at radius 3 is 2.33 bits per heavy atom. The maximum absolute atomic E-state index is 13.9. The SMILES string of the molecule is Cc1ccc(-c2cc(F)c(N=C=S)cc2F)cc1. The lowest BCUT2D eigenvalue weighted by Gasteiger charge is -2.05. The van der Waals surface area contributed by atoms with E-state index in [0.717, 1.165) is 17.7 Å². The summed E-state index contributed by atoms with van der Waals surface area (Å²) in [6.45, 7) is 1.93. The summed E-state index contributed by atoms with van der Waals surface area (Å²) in [6.07, 6.45) is 0. The van der Waals surface area contributed by atoms with Gasteiger partial charge < -0.3 is 0 Å². The zero-order valence-electron chi connectivity index (χ0n) is 9.58. The molecule has 2 aromatic carbocycles. The molecule has 18 heavy (non-hydrogen) atoms. The standard InChI is InChI=1S/C14H9F2NS/c1-9-2-4-10(5-3-9)11-6-13(16)14(17-8-18)7-12(11)15/h2-7H,1H3. The van der Waals surface area contributed by atoms with Gasteiger partial charge in [-0.15, -0.1) is 0 Å². The van der Waals surface area contributed by atoms with E-state index in [1.165, 1.54) is 0 Å². The van der Waals surface area contributed by atoms with Crippen molar-refractivity contribution < 1.29 is 8.78 Å². The summed E-state index contributed by atoms with van der Waals surface area (Å²) in [5, 5.41) is 2.02. The summed E-state index contributed by atoms with van der Waals surface area (Å²) in [4.78, 5) is 3.47. The van der Waals surface area contributed by atoms with Gasteiger partial charge in [-0.05, 0) is 30.8 Å². The number of thiocarbonyl (C=S) groups is 1. The molecule has 0 amide bonds. The van der Waals surface area contributed by atoms with Crippen LogP contribution in [0.15, 0.2) is 41.4 Å². The molecule has 0 aliphatic rings. The van der Waals surface area contributed by atoms with Crippen LogP contribution in [-0.4, -0.2) is 5.16 Å². The molecule has 0 heterocycles. The van der Waals surface area contributed by atoms with Gasteiger partial charge in [-0.3, -0.25) is 0 Å². The van der Waals surface area contributed by atoms with Gasteiger partial charge in [0.05, 0.1) is 5.16 Å². The average molecular weight is 261 g/mol. The first kappa shape index (κ1) is 12.6. The molecule has 0 saturated heterocycles. The van der Waals surface area contributed by atoms with Gasteiger partial charge in [0.15, 0.2) is 0 Å². The van der Waals surface area contributed by atoms with Crippen LogP contribution in [-0.2, 0) is 0 Å². The minimum absolute atomic E-state index is 0.140. The third-order valence-corrected chi connectivity index (χ3v) is 2.66. The van der Waals surface area contributed by atoms with Crippen molar-refractivity contribution in [1.29, 1.82) is 0 Å². The Hall–Kier alpha value is -1.90. The first-order valence-electron chi connectivity index (χ1n) is 5.26. The van der Waals surface area contributed by atoms with Crippen LogP contribution in [0.4, 0.5) is 14.5 Å². The number of hydrogen-bond acceptors (Lipinski definition) is 2. The van der Waals surface area contributed by atoms with Crippen molar-refractivity contribution in [2.24, 2.45) is 4.99 Å². The predicted octanol–water partition coefficient (Wildman–Crippen LogP) is 4.67. The molecule has 0 aliphatic heterocycles. The van der Waals surface area contributed by atoms with E-state index in [0.29, 0.717) is 5.56 Å². The summed E-state index contributed by atoms with van der Waals surface area (Å²) >= 11 is 4.37. The van der Waals surface area contributed by atoms with Crippen molar-refractivity contribution in [3.63, 3.8) is 0 Å². The highest BCUT2D eigenvalue weighted by Crippen LogP contribution is 2.29. The first-order valence-corrected chi connectivity index (χ1v) is 5.66. The largest absolute Gasteiger partial charge is 0.206 e. The second-order valence-corrected chi connectivity index (χ2v) is 4.04. The molecule has 90 valence electrons. The van der Waals surface area contributed by atoms with Crippen LogP contribution in [0.1, 0.15) is 5.56 Å². The highest BCUT2D eigenvalue weighted by Gasteiger charge is 2.10. The topological polar surface area (TPSA) is 12.4 Å².